The van der Waals surface area contributed by atoms with Crippen LogP contribution in [0.5, 0.6) is 0 Å². The SMILES string of the molecule is Clc1cc(C2CCCCCC2)no1. The Morgan fingerprint density at radius 1 is 1.23 bits per heavy atom. The van der Waals surface area contributed by atoms with Crippen molar-refractivity contribution in [3.8, 4) is 0 Å². The molecular formula is C10H14ClNO. The highest BCUT2D eigenvalue weighted by molar-refractivity contribution is 6.28. The third-order valence-corrected chi connectivity index (χ3v) is 2.95. The Kier molecular flexibility index (Phi) is 2.89. The molecule has 1 aliphatic carbocycles. The van der Waals surface area contributed by atoms with Crippen LogP contribution in [0.15, 0.2) is 10.6 Å². The molecular weight excluding hydrogens is 186 g/mol. The number of hydrogen-bond acceptors (Lipinski definition) is 2. The van der Waals surface area contributed by atoms with Crippen LogP contribution in [-0.4, -0.2) is 5.16 Å². The molecule has 0 spiro atoms. The molecule has 0 bridgehead atoms. The van der Waals surface area contributed by atoms with E-state index in [2.05, 4.69) is 5.16 Å². The molecule has 0 aromatic carbocycles. The first-order valence-corrected chi connectivity index (χ1v) is 5.36. The van der Waals surface area contributed by atoms with Crippen molar-refractivity contribution in [1.29, 1.82) is 0 Å². The van der Waals surface area contributed by atoms with Crippen LogP contribution >= 0.6 is 11.6 Å². The second-order valence-corrected chi connectivity index (χ2v) is 4.12. The highest BCUT2D eigenvalue weighted by atomic mass is 35.5. The quantitative estimate of drug-likeness (QED) is 0.644. The van der Waals surface area contributed by atoms with Crippen molar-refractivity contribution in [1.82, 2.24) is 5.16 Å². The highest BCUT2D eigenvalue weighted by Gasteiger charge is 2.17. The minimum atomic E-state index is 0.416. The molecule has 1 aromatic rings. The van der Waals surface area contributed by atoms with E-state index in [4.69, 9.17) is 16.1 Å². The lowest BCUT2D eigenvalue weighted by Crippen LogP contribution is -1.96. The van der Waals surface area contributed by atoms with Crippen molar-refractivity contribution in [2.75, 3.05) is 0 Å². The van der Waals surface area contributed by atoms with Crippen molar-refractivity contribution >= 4 is 11.6 Å². The molecule has 1 fully saturated rings. The summed E-state index contributed by atoms with van der Waals surface area (Å²) in [6.45, 7) is 0. The average molecular weight is 200 g/mol. The Balaban J connectivity index is 2.06. The number of rotatable bonds is 1. The Morgan fingerprint density at radius 3 is 2.46 bits per heavy atom. The normalized spacial score (nSPS) is 20.1. The smallest absolute Gasteiger partial charge is 0.226 e. The largest absolute Gasteiger partial charge is 0.344 e. The predicted octanol–water partition coefficient (Wildman–Crippen LogP) is 3.77. The third-order valence-electron chi connectivity index (χ3n) is 2.77. The molecule has 2 nitrogen and oxygen atoms in total. The predicted molar refractivity (Wildman–Crippen MR) is 52.0 cm³/mol. The second-order valence-electron chi connectivity index (χ2n) is 3.74. The molecule has 0 N–H and O–H groups in total. The molecule has 1 saturated carbocycles. The highest BCUT2D eigenvalue weighted by Crippen LogP contribution is 2.31. The maximum Gasteiger partial charge on any atom is 0.226 e. The van der Waals surface area contributed by atoms with Gasteiger partial charge < -0.3 is 4.52 Å². The van der Waals surface area contributed by atoms with Crippen LogP contribution in [0.3, 0.4) is 0 Å². The maximum atomic E-state index is 5.69. The summed E-state index contributed by atoms with van der Waals surface area (Å²) in [6.07, 6.45) is 7.83. The van der Waals surface area contributed by atoms with Gasteiger partial charge in [-0.1, -0.05) is 30.8 Å². The van der Waals surface area contributed by atoms with Gasteiger partial charge in [0.05, 0.1) is 5.69 Å². The molecule has 1 heterocycles. The fraction of sp³-hybridized carbons (Fsp3) is 0.700. The zero-order valence-electron chi connectivity index (χ0n) is 7.63. The standard InChI is InChI=1S/C10H14ClNO/c11-10-7-9(12-13-10)8-5-3-1-2-4-6-8/h7-8H,1-6H2. The summed E-state index contributed by atoms with van der Waals surface area (Å²) in [6, 6.07) is 1.86. The van der Waals surface area contributed by atoms with E-state index in [-0.39, 0.29) is 0 Å². The lowest BCUT2D eigenvalue weighted by atomic mass is 9.97. The fourth-order valence-electron chi connectivity index (χ4n) is 2.03. The summed E-state index contributed by atoms with van der Waals surface area (Å²) in [5.41, 5.74) is 1.05. The lowest BCUT2D eigenvalue weighted by Gasteiger charge is -2.08. The van der Waals surface area contributed by atoms with Crippen LogP contribution in [0.25, 0.3) is 0 Å². The summed E-state index contributed by atoms with van der Waals surface area (Å²) in [7, 11) is 0. The summed E-state index contributed by atoms with van der Waals surface area (Å²) in [4.78, 5) is 0. The van der Waals surface area contributed by atoms with Gasteiger partial charge in [0.25, 0.3) is 0 Å². The monoisotopic (exact) mass is 199 g/mol. The summed E-state index contributed by atoms with van der Waals surface area (Å²) in [5, 5.41) is 4.39. The van der Waals surface area contributed by atoms with Crippen LogP contribution in [0.2, 0.25) is 5.22 Å². The zero-order valence-corrected chi connectivity index (χ0v) is 8.39. The van der Waals surface area contributed by atoms with Gasteiger partial charge in [0.1, 0.15) is 0 Å². The number of hydrogen-bond donors (Lipinski definition) is 0. The number of nitrogens with zero attached hydrogens (tertiary/aromatic N) is 1. The van der Waals surface area contributed by atoms with Crippen molar-refractivity contribution in [2.24, 2.45) is 0 Å². The number of halogens is 1. The Morgan fingerprint density at radius 2 is 1.92 bits per heavy atom. The van der Waals surface area contributed by atoms with Crippen molar-refractivity contribution < 1.29 is 4.52 Å². The molecule has 0 radical (unpaired) electrons. The Bertz CT molecular complexity index is 264. The van der Waals surface area contributed by atoms with E-state index >= 15 is 0 Å². The van der Waals surface area contributed by atoms with Crippen LogP contribution in [0.4, 0.5) is 0 Å². The van der Waals surface area contributed by atoms with Crippen LogP contribution in [-0.2, 0) is 0 Å². The lowest BCUT2D eigenvalue weighted by molar-refractivity contribution is 0.401. The first-order chi connectivity index (χ1) is 6.36. The third kappa shape index (κ3) is 2.25. The topological polar surface area (TPSA) is 26.0 Å². The van der Waals surface area contributed by atoms with Gasteiger partial charge in [0.15, 0.2) is 0 Å². The van der Waals surface area contributed by atoms with Crippen molar-refractivity contribution in [2.45, 2.75) is 44.4 Å². The van der Waals surface area contributed by atoms with Gasteiger partial charge in [-0.05, 0) is 24.4 Å². The molecule has 0 atom stereocenters. The van der Waals surface area contributed by atoms with E-state index < -0.39 is 0 Å². The van der Waals surface area contributed by atoms with E-state index in [1.807, 2.05) is 6.07 Å². The van der Waals surface area contributed by atoms with Crippen LogP contribution in [0, 0.1) is 0 Å². The number of aromatic nitrogens is 1. The second kappa shape index (κ2) is 4.14. The van der Waals surface area contributed by atoms with Gasteiger partial charge in [-0.3, -0.25) is 0 Å². The average Bonchev–Trinajstić information content (AvgIpc) is 2.43. The minimum absolute atomic E-state index is 0.416. The molecule has 0 aliphatic heterocycles. The van der Waals surface area contributed by atoms with E-state index in [0.717, 1.165) is 5.69 Å². The first kappa shape index (κ1) is 9.07. The van der Waals surface area contributed by atoms with E-state index in [9.17, 15) is 0 Å². The van der Waals surface area contributed by atoms with E-state index in [1.54, 1.807) is 0 Å². The summed E-state index contributed by atoms with van der Waals surface area (Å²) >= 11 is 5.69. The van der Waals surface area contributed by atoms with Crippen LogP contribution < -0.4 is 0 Å². The first-order valence-electron chi connectivity index (χ1n) is 4.98. The molecule has 1 aromatic heterocycles. The zero-order chi connectivity index (χ0) is 9.10. The van der Waals surface area contributed by atoms with Crippen molar-refractivity contribution in [3.63, 3.8) is 0 Å². The molecule has 3 heteroatoms. The fourth-order valence-corrected chi connectivity index (χ4v) is 2.18. The van der Waals surface area contributed by atoms with E-state index in [0.29, 0.717) is 11.1 Å². The van der Waals surface area contributed by atoms with Gasteiger partial charge in [0, 0.05) is 12.0 Å². The van der Waals surface area contributed by atoms with Gasteiger partial charge in [0.2, 0.25) is 5.22 Å². The summed E-state index contributed by atoms with van der Waals surface area (Å²) in [5.74, 6) is 0.582. The molecule has 0 amide bonds. The molecule has 2 rings (SSSR count). The van der Waals surface area contributed by atoms with Gasteiger partial charge in [-0.15, -0.1) is 0 Å². The Labute approximate surface area is 83.2 Å². The van der Waals surface area contributed by atoms with Crippen molar-refractivity contribution in [3.05, 3.63) is 17.0 Å². The van der Waals surface area contributed by atoms with Gasteiger partial charge in [-0.25, -0.2) is 0 Å². The van der Waals surface area contributed by atoms with Gasteiger partial charge >= 0.3 is 0 Å². The Hall–Kier alpha value is -0.500. The minimum Gasteiger partial charge on any atom is -0.344 e. The molecule has 13 heavy (non-hydrogen) atoms. The molecule has 1 aliphatic rings. The maximum absolute atomic E-state index is 5.69. The van der Waals surface area contributed by atoms with Crippen LogP contribution in [0.1, 0.15) is 50.1 Å². The van der Waals surface area contributed by atoms with Gasteiger partial charge in [-0.2, -0.15) is 0 Å². The molecule has 72 valence electrons. The summed E-state index contributed by atoms with van der Waals surface area (Å²) < 4.78 is 4.87. The van der Waals surface area contributed by atoms with E-state index in [1.165, 1.54) is 38.5 Å². The molecule has 0 unspecified atom stereocenters. The molecule has 0 saturated heterocycles.